The Morgan fingerprint density at radius 3 is 2.50 bits per heavy atom. The van der Waals surface area contributed by atoms with Gasteiger partial charge in [-0.25, -0.2) is 0 Å². The van der Waals surface area contributed by atoms with Gasteiger partial charge in [0.15, 0.2) is 0 Å². The Morgan fingerprint density at radius 1 is 0.900 bits per heavy atom. The molecule has 0 radical (unpaired) electrons. The third-order valence-corrected chi connectivity index (χ3v) is 6.56. The maximum absolute atomic E-state index is 2.68. The zero-order valence-corrected chi connectivity index (χ0v) is 13.9. The lowest BCUT2D eigenvalue weighted by Gasteiger charge is -2.50. The van der Waals surface area contributed by atoms with E-state index in [4.69, 9.17) is 0 Å². The van der Waals surface area contributed by atoms with E-state index in [1.54, 1.807) is 0 Å². The Morgan fingerprint density at radius 2 is 1.70 bits per heavy atom. The second-order valence-corrected chi connectivity index (χ2v) is 8.06. The lowest BCUT2D eigenvalue weighted by molar-refractivity contribution is 0.00592. The van der Waals surface area contributed by atoms with Crippen LogP contribution in [0.2, 0.25) is 0 Å². The van der Waals surface area contributed by atoms with Crippen LogP contribution in [0, 0.1) is 17.8 Å². The Labute approximate surface area is 125 Å². The van der Waals surface area contributed by atoms with Crippen molar-refractivity contribution in [3.05, 3.63) is 0 Å². The van der Waals surface area contributed by atoms with Crippen LogP contribution in [0.25, 0.3) is 0 Å². The van der Waals surface area contributed by atoms with Crippen molar-refractivity contribution in [3.63, 3.8) is 0 Å². The van der Waals surface area contributed by atoms with Crippen molar-refractivity contribution in [2.24, 2.45) is 17.8 Å². The summed E-state index contributed by atoms with van der Waals surface area (Å²) in [4.78, 5) is 5.34. The lowest BCUT2D eigenvalue weighted by Crippen LogP contribution is -2.50. The molecule has 2 heterocycles. The van der Waals surface area contributed by atoms with E-state index in [0.29, 0.717) is 0 Å². The fourth-order valence-corrected chi connectivity index (χ4v) is 5.43. The molecule has 0 aromatic carbocycles. The molecule has 2 heteroatoms. The normalized spacial score (nSPS) is 44.2. The van der Waals surface area contributed by atoms with Crippen LogP contribution in [0.15, 0.2) is 0 Å². The van der Waals surface area contributed by atoms with Crippen molar-refractivity contribution >= 4 is 0 Å². The van der Waals surface area contributed by atoms with Crippen molar-refractivity contribution in [1.82, 2.24) is 9.80 Å². The summed E-state index contributed by atoms with van der Waals surface area (Å²) >= 11 is 0. The van der Waals surface area contributed by atoms with Gasteiger partial charge in [-0.05, 0) is 89.9 Å². The molecule has 0 amide bonds. The SMILES string of the molecule is C[C@H]1C[C@H](CC2CCCCN2C)[C@@H]2CCCN(C)[C@H]2C1. The van der Waals surface area contributed by atoms with Crippen LogP contribution < -0.4 is 0 Å². The van der Waals surface area contributed by atoms with Crippen LogP contribution >= 0.6 is 0 Å². The van der Waals surface area contributed by atoms with Crippen LogP contribution in [-0.4, -0.2) is 49.1 Å². The van der Waals surface area contributed by atoms with Gasteiger partial charge in [0.25, 0.3) is 0 Å². The maximum Gasteiger partial charge on any atom is 0.0126 e. The Bertz CT molecular complexity index is 317. The predicted octanol–water partition coefficient (Wildman–Crippen LogP) is 3.62. The van der Waals surface area contributed by atoms with Gasteiger partial charge in [-0.1, -0.05) is 13.3 Å². The maximum atomic E-state index is 2.68. The molecule has 0 N–H and O–H groups in total. The van der Waals surface area contributed by atoms with Crippen molar-refractivity contribution < 1.29 is 0 Å². The van der Waals surface area contributed by atoms with Crippen LogP contribution in [0.4, 0.5) is 0 Å². The molecule has 1 saturated carbocycles. The van der Waals surface area contributed by atoms with Gasteiger partial charge in [0.05, 0.1) is 0 Å². The number of hydrogen-bond donors (Lipinski definition) is 0. The Kier molecular flexibility index (Phi) is 4.72. The summed E-state index contributed by atoms with van der Waals surface area (Å²) in [7, 11) is 4.74. The molecular formula is C18H34N2. The molecular weight excluding hydrogens is 244 g/mol. The Balaban J connectivity index is 1.67. The van der Waals surface area contributed by atoms with E-state index in [2.05, 4.69) is 30.8 Å². The van der Waals surface area contributed by atoms with Gasteiger partial charge < -0.3 is 9.80 Å². The number of nitrogens with zero attached hydrogens (tertiary/aromatic N) is 2. The molecule has 3 fully saturated rings. The summed E-state index contributed by atoms with van der Waals surface area (Å²) in [6.07, 6.45) is 11.7. The highest BCUT2D eigenvalue weighted by atomic mass is 15.1. The molecule has 0 aromatic heterocycles. The number of rotatable bonds is 2. The first-order valence-corrected chi connectivity index (χ1v) is 9.05. The lowest BCUT2D eigenvalue weighted by atomic mass is 9.65. The fourth-order valence-electron chi connectivity index (χ4n) is 5.43. The zero-order chi connectivity index (χ0) is 14.1. The van der Waals surface area contributed by atoms with Crippen LogP contribution in [0.1, 0.15) is 58.3 Å². The molecule has 1 aliphatic carbocycles. The molecule has 2 nitrogen and oxygen atoms in total. The molecule has 1 unspecified atom stereocenters. The first-order chi connectivity index (χ1) is 9.65. The molecule has 3 rings (SSSR count). The average molecular weight is 278 g/mol. The van der Waals surface area contributed by atoms with E-state index in [1.807, 2.05) is 0 Å². The monoisotopic (exact) mass is 278 g/mol. The number of hydrogen-bond acceptors (Lipinski definition) is 2. The summed E-state index contributed by atoms with van der Waals surface area (Å²) in [5, 5.41) is 0. The fraction of sp³-hybridized carbons (Fsp3) is 1.00. The van der Waals surface area contributed by atoms with Crippen molar-refractivity contribution in [3.8, 4) is 0 Å². The summed E-state index contributed by atoms with van der Waals surface area (Å²) in [6.45, 7) is 5.17. The molecule has 2 saturated heterocycles. The van der Waals surface area contributed by atoms with Gasteiger partial charge in [-0.2, -0.15) is 0 Å². The summed E-state index contributed by atoms with van der Waals surface area (Å²) < 4.78 is 0. The smallest absolute Gasteiger partial charge is 0.0126 e. The average Bonchev–Trinajstić information content (AvgIpc) is 2.42. The van der Waals surface area contributed by atoms with E-state index < -0.39 is 0 Å². The zero-order valence-electron chi connectivity index (χ0n) is 13.9. The van der Waals surface area contributed by atoms with E-state index in [-0.39, 0.29) is 0 Å². The van der Waals surface area contributed by atoms with E-state index in [9.17, 15) is 0 Å². The van der Waals surface area contributed by atoms with Crippen molar-refractivity contribution in [1.29, 1.82) is 0 Å². The van der Waals surface area contributed by atoms with E-state index in [0.717, 1.165) is 29.8 Å². The topological polar surface area (TPSA) is 6.48 Å². The van der Waals surface area contributed by atoms with E-state index in [1.165, 1.54) is 64.5 Å². The molecule has 3 aliphatic rings. The first kappa shape index (κ1) is 14.8. The number of piperidine rings is 2. The summed E-state index contributed by atoms with van der Waals surface area (Å²) in [5.41, 5.74) is 0. The Hall–Kier alpha value is -0.0800. The van der Waals surface area contributed by atoms with E-state index >= 15 is 0 Å². The molecule has 0 bridgehead atoms. The number of likely N-dealkylation sites (tertiary alicyclic amines) is 2. The highest BCUT2D eigenvalue weighted by Crippen LogP contribution is 2.44. The second kappa shape index (κ2) is 6.36. The van der Waals surface area contributed by atoms with Gasteiger partial charge in [0.1, 0.15) is 0 Å². The van der Waals surface area contributed by atoms with Gasteiger partial charge >= 0.3 is 0 Å². The van der Waals surface area contributed by atoms with Gasteiger partial charge in [0, 0.05) is 12.1 Å². The number of fused-ring (bicyclic) bond motifs is 1. The van der Waals surface area contributed by atoms with Crippen LogP contribution in [0.5, 0.6) is 0 Å². The van der Waals surface area contributed by atoms with Crippen molar-refractivity contribution in [2.75, 3.05) is 27.2 Å². The quantitative estimate of drug-likeness (QED) is 0.761. The summed E-state index contributed by atoms with van der Waals surface area (Å²) in [5.74, 6) is 2.94. The van der Waals surface area contributed by atoms with Gasteiger partial charge in [-0.15, -0.1) is 0 Å². The van der Waals surface area contributed by atoms with Crippen LogP contribution in [-0.2, 0) is 0 Å². The van der Waals surface area contributed by atoms with Gasteiger partial charge in [-0.3, -0.25) is 0 Å². The third kappa shape index (κ3) is 3.06. The highest BCUT2D eigenvalue weighted by molar-refractivity contribution is 4.94. The molecule has 0 aromatic rings. The molecule has 2 aliphatic heterocycles. The molecule has 5 atom stereocenters. The molecule has 116 valence electrons. The minimum absolute atomic E-state index is 0.881. The molecule has 20 heavy (non-hydrogen) atoms. The predicted molar refractivity (Wildman–Crippen MR) is 85.9 cm³/mol. The third-order valence-electron chi connectivity index (χ3n) is 6.56. The largest absolute Gasteiger partial charge is 0.303 e. The van der Waals surface area contributed by atoms with Gasteiger partial charge in [0.2, 0.25) is 0 Å². The van der Waals surface area contributed by atoms with Crippen molar-refractivity contribution in [2.45, 2.75) is 70.4 Å². The first-order valence-electron chi connectivity index (χ1n) is 9.05. The second-order valence-electron chi connectivity index (χ2n) is 8.06. The minimum atomic E-state index is 0.881. The minimum Gasteiger partial charge on any atom is -0.303 e. The summed E-state index contributed by atoms with van der Waals surface area (Å²) in [6, 6.07) is 1.78. The standard InChI is InChI=1S/C18H34N2/c1-14-11-15(13-16-7-4-5-9-19(16)2)17-8-6-10-20(3)18(17)12-14/h14-18H,4-13H2,1-3H3/t14-,15+,16?,17-,18-/m0/s1. The highest BCUT2D eigenvalue weighted by Gasteiger charge is 2.41. The van der Waals surface area contributed by atoms with Crippen LogP contribution in [0.3, 0.4) is 0 Å². The molecule has 0 spiro atoms.